The van der Waals surface area contributed by atoms with Gasteiger partial charge in [-0.25, -0.2) is 32.5 Å². The van der Waals surface area contributed by atoms with Crippen LogP contribution < -0.4 is 10.6 Å². The number of rotatable bonds is 3. The molecule has 1 atom stereocenters. The van der Waals surface area contributed by atoms with Crippen LogP contribution in [0.15, 0.2) is 24.5 Å². The largest absolute Gasteiger partial charge is 0.340 e. The van der Waals surface area contributed by atoms with E-state index in [9.17, 15) is 17.6 Å². The van der Waals surface area contributed by atoms with E-state index >= 15 is 0 Å². The Labute approximate surface area is 161 Å². The third kappa shape index (κ3) is 3.37. The Morgan fingerprint density at radius 2 is 1.93 bits per heavy atom. The lowest BCUT2D eigenvalue weighted by Crippen LogP contribution is -2.55. The van der Waals surface area contributed by atoms with Crippen LogP contribution in [-0.2, 0) is 6.54 Å². The average molecular weight is 415 g/mol. The highest BCUT2D eigenvalue weighted by Crippen LogP contribution is 2.32. The molecular weight excluding hydrogens is 400 g/mol. The molecule has 2 aromatic heterocycles. The Bertz CT molecular complexity index is 1020. The molecule has 148 valence electrons. The molecule has 0 saturated carbocycles. The lowest BCUT2D eigenvalue weighted by atomic mass is 10.0. The number of hydrogen-bond donors (Lipinski definition) is 1. The van der Waals surface area contributed by atoms with Gasteiger partial charge < -0.3 is 15.2 Å². The third-order valence-electron chi connectivity index (χ3n) is 4.68. The third-order valence-corrected chi connectivity index (χ3v) is 4.88. The average Bonchev–Trinajstić information content (AvgIpc) is 2.98. The molecule has 1 aliphatic rings. The van der Waals surface area contributed by atoms with Gasteiger partial charge in [-0.05, 0) is 0 Å². The molecule has 1 saturated heterocycles. The minimum atomic E-state index is -3.00. The Morgan fingerprint density at radius 1 is 1.21 bits per heavy atom. The summed E-state index contributed by atoms with van der Waals surface area (Å²) in [5.74, 6) is -4.11. The van der Waals surface area contributed by atoms with Crippen molar-refractivity contribution in [2.75, 3.05) is 18.0 Å². The molecule has 0 spiro atoms. The first-order valence-electron chi connectivity index (χ1n) is 8.44. The van der Waals surface area contributed by atoms with Crippen LogP contribution in [0.5, 0.6) is 0 Å². The highest BCUT2D eigenvalue weighted by atomic mass is 35.5. The van der Waals surface area contributed by atoms with E-state index in [0.717, 1.165) is 12.1 Å². The van der Waals surface area contributed by atoms with E-state index in [1.54, 1.807) is 0 Å². The van der Waals surface area contributed by atoms with Crippen LogP contribution in [0, 0.1) is 11.6 Å². The number of alkyl halides is 2. The second-order valence-electron chi connectivity index (χ2n) is 6.63. The van der Waals surface area contributed by atoms with Gasteiger partial charge in [-0.15, -0.1) is 0 Å². The quantitative estimate of drug-likeness (QED) is 0.667. The molecule has 0 radical (unpaired) electrons. The van der Waals surface area contributed by atoms with Crippen LogP contribution in [0.2, 0.25) is 5.02 Å². The molecule has 2 N–H and O–H groups in total. The fraction of sp³-hybridized carbons (Fsp3) is 0.353. The normalized spacial score (nSPS) is 19.4. The second-order valence-corrected chi connectivity index (χ2v) is 7.07. The van der Waals surface area contributed by atoms with Crippen molar-refractivity contribution >= 4 is 28.6 Å². The molecule has 11 heteroatoms. The fourth-order valence-electron chi connectivity index (χ4n) is 3.21. The lowest BCUT2D eigenvalue weighted by molar-refractivity contribution is -0.0395. The summed E-state index contributed by atoms with van der Waals surface area (Å²) >= 11 is 5.79. The van der Waals surface area contributed by atoms with Gasteiger partial charge in [0.2, 0.25) is 5.95 Å². The van der Waals surface area contributed by atoms with E-state index < -0.39 is 30.0 Å². The number of piperidine rings is 1. The number of imidazole rings is 1. The minimum absolute atomic E-state index is 0.0219. The zero-order chi connectivity index (χ0) is 20.1. The summed E-state index contributed by atoms with van der Waals surface area (Å²) in [7, 11) is 0. The number of benzene rings is 1. The number of nitrogens with zero attached hydrogens (tertiary/aromatic N) is 5. The molecule has 28 heavy (non-hydrogen) atoms. The Kier molecular flexibility index (Phi) is 4.62. The van der Waals surface area contributed by atoms with Crippen molar-refractivity contribution in [1.29, 1.82) is 0 Å². The first kappa shape index (κ1) is 18.9. The van der Waals surface area contributed by atoms with Gasteiger partial charge in [-0.1, -0.05) is 11.6 Å². The van der Waals surface area contributed by atoms with Gasteiger partial charge in [0.1, 0.15) is 17.2 Å². The summed E-state index contributed by atoms with van der Waals surface area (Å²) in [6.45, 7) is -0.189. The van der Waals surface area contributed by atoms with Crippen molar-refractivity contribution < 1.29 is 17.6 Å². The zero-order valence-electron chi connectivity index (χ0n) is 14.4. The van der Waals surface area contributed by atoms with E-state index in [1.165, 1.54) is 21.9 Å². The van der Waals surface area contributed by atoms with Crippen molar-refractivity contribution in [3.05, 3.63) is 47.0 Å². The molecule has 1 aromatic carbocycles. The van der Waals surface area contributed by atoms with Crippen molar-refractivity contribution in [3.63, 3.8) is 0 Å². The predicted octanol–water partition coefficient (Wildman–Crippen LogP) is 2.98. The summed E-state index contributed by atoms with van der Waals surface area (Å²) < 4.78 is 57.1. The predicted molar refractivity (Wildman–Crippen MR) is 95.5 cm³/mol. The van der Waals surface area contributed by atoms with Crippen LogP contribution in [0.1, 0.15) is 12.2 Å². The first-order valence-corrected chi connectivity index (χ1v) is 8.82. The maximum Gasteiger partial charge on any atom is 0.266 e. The molecule has 1 fully saturated rings. The van der Waals surface area contributed by atoms with Crippen molar-refractivity contribution in [1.82, 2.24) is 19.5 Å². The maximum atomic E-state index is 14.3. The summed E-state index contributed by atoms with van der Waals surface area (Å²) in [5, 5.41) is 0.334. The summed E-state index contributed by atoms with van der Waals surface area (Å²) in [6, 6.07) is 0.449. The molecule has 6 nitrogen and oxygen atoms in total. The Balaban J connectivity index is 1.81. The van der Waals surface area contributed by atoms with Crippen LogP contribution in [0.4, 0.5) is 23.5 Å². The minimum Gasteiger partial charge on any atom is -0.340 e. The van der Waals surface area contributed by atoms with Gasteiger partial charge in [0.05, 0.1) is 23.1 Å². The number of anilines is 1. The van der Waals surface area contributed by atoms with E-state index in [4.69, 9.17) is 17.3 Å². The van der Waals surface area contributed by atoms with Crippen molar-refractivity contribution in [2.24, 2.45) is 5.73 Å². The fourth-order valence-corrected chi connectivity index (χ4v) is 3.31. The van der Waals surface area contributed by atoms with Gasteiger partial charge in [-0.3, -0.25) is 0 Å². The molecular formula is C17H15ClF4N6. The summed E-state index contributed by atoms with van der Waals surface area (Å²) in [4.78, 5) is 13.9. The Morgan fingerprint density at radius 3 is 2.61 bits per heavy atom. The van der Waals surface area contributed by atoms with E-state index in [2.05, 4.69) is 15.0 Å². The number of aromatic nitrogens is 4. The lowest BCUT2D eigenvalue weighted by Gasteiger charge is -2.37. The van der Waals surface area contributed by atoms with Gasteiger partial charge in [0.25, 0.3) is 5.92 Å². The zero-order valence-corrected chi connectivity index (χ0v) is 15.2. The Hall–Kier alpha value is -2.46. The highest BCUT2D eigenvalue weighted by Gasteiger charge is 2.43. The van der Waals surface area contributed by atoms with Gasteiger partial charge >= 0.3 is 0 Å². The smallest absolute Gasteiger partial charge is 0.266 e. The molecule has 3 aromatic rings. The van der Waals surface area contributed by atoms with Gasteiger partial charge in [0.15, 0.2) is 5.82 Å². The summed E-state index contributed by atoms with van der Waals surface area (Å²) in [5.41, 5.74) is 5.70. The topological polar surface area (TPSA) is 72.9 Å². The number of fused-ring (bicyclic) bond motifs is 1. The molecule has 1 unspecified atom stereocenters. The van der Waals surface area contributed by atoms with E-state index in [-0.39, 0.29) is 36.6 Å². The number of hydrogen-bond acceptors (Lipinski definition) is 5. The van der Waals surface area contributed by atoms with E-state index in [0.29, 0.717) is 10.8 Å². The first-order chi connectivity index (χ1) is 13.2. The second kappa shape index (κ2) is 6.85. The summed E-state index contributed by atoms with van der Waals surface area (Å²) in [6.07, 6.45) is 2.31. The maximum absolute atomic E-state index is 14.3. The molecule has 0 bridgehead atoms. The van der Waals surface area contributed by atoms with Crippen LogP contribution in [0.3, 0.4) is 0 Å². The number of halogens is 5. The monoisotopic (exact) mass is 414 g/mol. The van der Waals surface area contributed by atoms with Crippen LogP contribution in [-0.4, -0.2) is 44.6 Å². The van der Waals surface area contributed by atoms with Crippen LogP contribution >= 0.6 is 11.6 Å². The number of nitrogens with two attached hydrogens (primary N) is 1. The highest BCUT2D eigenvalue weighted by molar-refractivity contribution is 6.30. The van der Waals surface area contributed by atoms with Crippen molar-refractivity contribution in [2.45, 2.75) is 24.9 Å². The molecule has 0 aliphatic carbocycles. The molecule has 3 heterocycles. The molecule has 0 amide bonds. The molecule has 4 rings (SSSR count). The van der Waals surface area contributed by atoms with Crippen molar-refractivity contribution in [3.8, 4) is 0 Å². The van der Waals surface area contributed by atoms with E-state index in [1.807, 2.05) is 0 Å². The SMILES string of the molecule is NC1CN(c2nc3c(F)cc(F)cc3n2Cc2ncc(Cl)cn2)CCC1(F)F. The van der Waals surface area contributed by atoms with Crippen LogP contribution in [0.25, 0.3) is 11.0 Å². The molecule has 1 aliphatic heterocycles. The van der Waals surface area contributed by atoms with Gasteiger partial charge in [0, 0.05) is 44.0 Å². The standard InChI is InChI=1S/C17H15ClF4N6/c18-9-5-24-14(25-6-9)8-28-12-4-10(19)3-11(20)15(12)26-16(28)27-2-1-17(21,22)13(23)7-27/h3-6,13H,1-2,7-8,23H2. The van der Waals surface area contributed by atoms with Gasteiger partial charge in [-0.2, -0.15) is 0 Å².